The highest BCUT2D eigenvalue weighted by molar-refractivity contribution is 5.82. The Balaban J connectivity index is 0.000000166. The van der Waals surface area contributed by atoms with Gasteiger partial charge in [-0.05, 0) is 50.2 Å². The number of nitrogens with zero attached hydrogens (tertiary/aromatic N) is 17. The molecule has 0 spiro atoms. The number of nitrogens with two attached hydrogens (primary N) is 5. The Bertz CT molecular complexity index is 6110. The summed E-state index contributed by atoms with van der Waals surface area (Å²) in [4.78, 5) is 92.2. The van der Waals surface area contributed by atoms with E-state index in [2.05, 4.69) is 74.8 Å². The van der Waals surface area contributed by atoms with Crippen LogP contribution in [0.25, 0.3) is 55.8 Å². The van der Waals surface area contributed by atoms with E-state index in [1.165, 1.54) is 79.3 Å². The summed E-state index contributed by atoms with van der Waals surface area (Å²) in [5.41, 5.74) is 30.0. The number of nitrogen functional groups attached to an aromatic ring is 5. The topological polar surface area (TPSA) is 694 Å². The minimum absolute atomic E-state index is 0.0133. The zero-order chi connectivity index (χ0) is 101. The van der Waals surface area contributed by atoms with Gasteiger partial charge in [-0.2, -0.15) is 15.0 Å². The van der Waals surface area contributed by atoms with Gasteiger partial charge in [-0.3, -0.25) is 52.2 Å². The Labute approximate surface area is 805 Å². The molecular formula is C88H123N25O28. The van der Waals surface area contributed by atoms with Crippen molar-refractivity contribution in [1.82, 2.24) is 97.6 Å². The van der Waals surface area contributed by atoms with Gasteiger partial charge in [0.2, 0.25) is 17.8 Å². The number of rotatable bonds is 35. The van der Waals surface area contributed by atoms with E-state index in [1.54, 1.807) is 35.5 Å². The molecule has 20 atom stereocenters. The highest BCUT2D eigenvalue weighted by Crippen LogP contribution is 2.40. The SMILES string of the molecule is CC.CC.CC.CCOCOC1C(COC)OC(n2cnc3c(=O)[nH]c(N)nc32)C1O.CCOCOC1C(O)C(COC)OC1n1cnc2c(=O)[nH]c(N)nc21.COCC1OC(n2cnc3c(=O)[nH]c(N)nc32)C(O)C1OCOc1ccccc1.COCC1OC(n2cnc3c(N)ncnc32)C(O)C1OCOc1ccccc1.COCC1OC(n2cnc3c(N)ncnc32)C(OCOc2ccccc2)C1O. The van der Waals surface area contributed by atoms with Gasteiger partial charge in [-0.25, -0.2) is 44.9 Å². The summed E-state index contributed by atoms with van der Waals surface area (Å²) < 4.78 is 119. The molecule has 0 radical (unpaired) electrons. The molecule has 13 aromatic rings. The number of hydrogen-bond donors (Lipinski definition) is 13. The van der Waals surface area contributed by atoms with Crippen LogP contribution in [0.4, 0.5) is 29.5 Å². The number of aliphatic hydroxyl groups is 5. The highest BCUT2D eigenvalue weighted by Gasteiger charge is 2.52. The van der Waals surface area contributed by atoms with Gasteiger partial charge in [0.15, 0.2) is 108 Å². The zero-order valence-electron chi connectivity index (χ0n) is 79.8. The van der Waals surface area contributed by atoms with Crippen molar-refractivity contribution in [2.45, 2.75) is 178 Å². The van der Waals surface area contributed by atoms with Crippen LogP contribution >= 0.6 is 0 Å². The summed E-state index contributed by atoms with van der Waals surface area (Å²) in [6.07, 6.45) is -5.44. The maximum absolute atomic E-state index is 12.0. The van der Waals surface area contributed by atoms with E-state index in [9.17, 15) is 39.9 Å². The molecule has 141 heavy (non-hydrogen) atoms. The second-order valence-corrected chi connectivity index (χ2v) is 30.2. The van der Waals surface area contributed by atoms with E-state index < -0.39 is 139 Å². The molecule has 5 fully saturated rings. The molecule has 0 saturated carbocycles. The van der Waals surface area contributed by atoms with Gasteiger partial charge < -0.3 is 149 Å². The van der Waals surface area contributed by atoms with Crippen LogP contribution in [0.5, 0.6) is 17.2 Å². The summed E-state index contributed by atoms with van der Waals surface area (Å²) >= 11 is 0. The lowest BCUT2D eigenvalue weighted by molar-refractivity contribution is -0.136. The first-order valence-electron chi connectivity index (χ1n) is 45.0. The average Bonchev–Trinajstić information content (AvgIpc) is 1.63. The molecule has 5 aliphatic heterocycles. The van der Waals surface area contributed by atoms with E-state index in [1.807, 2.05) is 134 Å². The van der Waals surface area contributed by atoms with Gasteiger partial charge in [0.05, 0.1) is 64.7 Å². The molecule has 3 aromatic carbocycles. The molecule has 20 unspecified atom stereocenters. The highest BCUT2D eigenvalue weighted by atomic mass is 16.7. The number of ether oxygens (including phenoxy) is 20. The molecule has 0 aliphatic carbocycles. The molecule has 0 amide bonds. The number of para-hydroxylation sites is 3. The van der Waals surface area contributed by atoms with Crippen LogP contribution in [0.3, 0.4) is 0 Å². The monoisotopic (exact) mass is 1980 g/mol. The maximum Gasteiger partial charge on any atom is 0.280 e. The molecule has 5 aliphatic rings. The van der Waals surface area contributed by atoms with Crippen LogP contribution in [0.15, 0.2) is 150 Å². The summed E-state index contributed by atoms with van der Waals surface area (Å²) in [6, 6.07) is 27.7. The maximum atomic E-state index is 12.0. The second-order valence-electron chi connectivity index (χ2n) is 30.2. The van der Waals surface area contributed by atoms with Crippen LogP contribution in [-0.2, 0) is 80.5 Å². The predicted octanol–water partition coefficient (Wildman–Crippen LogP) is 2.55. The van der Waals surface area contributed by atoms with Crippen molar-refractivity contribution in [2.24, 2.45) is 0 Å². The normalized spacial score (nSPS) is 24.3. The number of anilines is 5. The lowest BCUT2D eigenvalue weighted by Crippen LogP contribution is -2.37. The Hall–Kier alpha value is -12.7. The van der Waals surface area contributed by atoms with Crippen molar-refractivity contribution in [3.63, 3.8) is 0 Å². The summed E-state index contributed by atoms with van der Waals surface area (Å²) in [6.45, 7) is 17.5. The third kappa shape index (κ3) is 26.4. The number of methoxy groups -OCH3 is 5. The average molecular weight is 1980 g/mol. The van der Waals surface area contributed by atoms with Crippen molar-refractivity contribution >= 4 is 85.3 Å². The number of imidazole rings is 5. The van der Waals surface area contributed by atoms with E-state index in [0.717, 1.165) is 0 Å². The second kappa shape index (κ2) is 53.8. The van der Waals surface area contributed by atoms with Crippen LogP contribution in [0, 0.1) is 0 Å². The summed E-state index contributed by atoms with van der Waals surface area (Å²) in [5.74, 6) is 2.34. The van der Waals surface area contributed by atoms with E-state index in [4.69, 9.17) is 123 Å². The standard InChI is InChI=1S/C18H21N5O6.2C18H21N5O5.2C14H21N5O6.3C2H6/c1-26-7-11-14(28-9-27-10-5-3-2-4-6-10)13(24)17(29-11)23-8-20-12-15(23)21-18(19)22-16(12)25;1-25-7-12-15(27-10-26-11-5-3-2-4-6-11)14(24)18(28-12)23-9-22-13-16(19)20-8-21-17(13)23;1-25-7-12-14(24)15(27-10-26-11-5-3-2-4-6-11)18(28-12)23-9-22-13-16(19)20-8-21-17(13)23;1-3-23-6-24-10-7(4-22-2)25-13(9(10)20)19-5-16-8-11(19)17-14(15)18-12(8)21;1-3-23-6-24-10-9(20)7(4-22-2)25-13(10)19-5-16-8-11(19)17-14(15)18-12(8)21;3*1-2/h2-6,8,11,13-14,17,24H,7,9H2,1H3,(H3,19,21,22,25);2*2-6,8-9,12,14-15,18,24H,7,10H2,1H3,(H2,19,20,21);2*5,7,9-10,13,20H,3-4,6H2,1-2H3,(H3,15,17,18,21);3*1-2H3. The van der Waals surface area contributed by atoms with E-state index >= 15 is 0 Å². The number of aromatic nitrogens is 20. The van der Waals surface area contributed by atoms with Crippen molar-refractivity contribution < 1.29 is 120 Å². The van der Waals surface area contributed by atoms with Gasteiger partial charge >= 0.3 is 0 Å². The van der Waals surface area contributed by atoms with Crippen molar-refractivity contribution in [3.05, 3.63) is 166 Å². The first-order valence-corrected chi connectivity index (χ1v) is 45.0. The van der Waals surface area contributed by atoms with Crippen LogP contribution in [0.1, 0.15) is 86.5 Å². The Morgan fingerprint density at radius 2 is 0.574 bits per heavy atom. The molecule has 18 N–H and O–H groups in total. The largest absolute Gasteiger partial charge is 0.468 e. The Morgan fingerprint density at radius 3 is 0.879 bits per heavy atom. The number of benzene rings is 3. The van der Waals surface area contributed by atoms with Gasteiger partial charge in [-0.1, -0.05) is 96.1 Å². The number of hydrogen-bond acceptors (Lipinski definition) is 45. The summed E-state index contributed by atoms with van der Waals surface area (Å²) in [5, 5.41) is 53.6. The van der Waals surface area contributed by atoms with Gasteiger partial charge in [0, 0.05) is 48.8 Å². The zero-order valence-corrected chi connectivity index (χ0v) is 79.8. The molecule has 15 heterocycles. The molecule has 768 valence electrons. The van der Waals surface area contributed by atoms with Gasteiger partial charge in [0.25, 0.3) is 16.7 Å². The fourth-order valence-corrected chi connectivity index (χ4v) is 15.2. The number of aliphatic hydroxyl groups excluding tert-OH is 5. The van der Waals surface area contributed by atoms with Crippen molar-refractivity contribution in [2.75, 3.05) is 144 Å². The Morgan fingerprint density at radius 1 is 0.319 bits per heavy atom. The molecule has 18 rings (SSSR count). The predicted molar refractivity (Wildman–Crippen MR) is 503 cm³/mol. The van der Waals surface area contributed by atoms with Crippen molar-refractivity contribution in [3.8, 4) is 17.2 Å². The molecule has 5 saturated heterocycles. The molecule has 53 heteroatoms. The van der Waals surface area contributed by atoms with Crippen LogP contribution < -0.4 is 59.6 Å². The number of aromatic amines is 3. The smallest absolute Gasteiger partial charge is 0.280 e. The lowest BCUT2D eigenvalue weighted by Gasteiger charge is -2.22. The summed E-state index contributed by atoms with van der Waals surface area (Å²) in [7, 11) is 7.65. The third-order valence-corrected chi connectivity index (χ3v) is 21.5. The molecule has 0 bridgehead atoms. The Kier molecular flexibility index (Phi) is 41.5. The van der Waals surface area contributed by atoms with E-state index in [-0.39, 0.29) is 130 Å². The van der Waals surface area contributed by atoms with Crippen LogP contribution in [-0.4, -0.2) is 330 Å². The van der Waals surface area contributed by atoms with Crippen molar-refractivity contribution in [1.29, 1.82) is 0 Å². The number of nitrogens with one attached hydrogen (secondary N) is 3. The fourth-order valence-electron chi connectivity index (χ4n) is 15.2. The minimum Gasteiger partial charge on any atom is -0.468 e. The van der Waals surface area contributed by atoms with Crippen LogP contribution in [0.2, 0.25) is 0 Å². The van der Waals surface area contributed by atoms with E-state index in [0.29, 0.717) is 52.8 Å². The number of H-pyrrole nitrogens is 3. The third-order valence-electron chi connectivity index (χ3n) is 21.5. The van der Waals surface area contributed by atoms with Gasteiger partial charge in [0.1, 0.15) is 146 Å². The minimum atomic E-state index is -1.09. The first kappa shape index (κ1) is 109. The molecule has 10 aromatic heterocycles. The quantitative estimate of drug-likeness (QED) is 0.0200. The van der Waals surface area contributed by atoms with Gasteiger partial charge in [-0.15, -0.1) is 0 Å². The fraction of sp³-hybridized carbons (Fsp3) is 0.511. The first-order chi connectivity index (χ1) is 68.6. The lowest BCUT2D eigenvalue weighted by atomic mass is 10.1. The number of fused-ring (bicyclic) bond motifs is 5. The molecule has 53 nitrogen and oxygen atoms in total. The molecular weight excluding hydrogens is 1860 g/mol.